The number of likely N-dealkylation sites (tertiary alicyclic amines) is 1. The van der Waals surface area contributed by atoms with Crippen molar-refractivity contribution < 1.29 is 4.79 Å². The Morgan fingerprint density at radius 3 is 2.53 bits per heavy atom. The van der Waals surface area contributed by atoms with Crippen LogP contribution in [0.5, 0.6) is 0 Å². The van der Waals surface area contributed by atoms with E-state index in [2.05, 4.69) is 11.9 Å². The van der Waals surface area contributed by atoms with Crippen LogP contribution in [0.15, 0.2) is 0 Å². The Hall–Kier alpha value is -0.610. The van der Waals surface area contributed by atoms with Crippen LogP contribution in [0, 0.1) is 5.41 Å². The molecule has 1 aliphatic heterocycles. The predicted molar refractivity (Wildman–Crippen MR) is 70.7 cm³/mol. The molecule has 1 saturated heterocycles. The van der Waals surface area contributed by atoms with E-state index in [1.807, 2.05) is 32.7 Å². The minimum Gasteiger partial charge on any atom is -0.340 e. The molecule has 1 fully saturated rings. The van der Waals surface area contributed by atoms with E-state index in [9.17, 15) is 4.79 Å². The molecule has 0 aliphatic carbocycles. The van der Waals surface area contributed by atoms with Gasteiger partial charge in [0.1, 0.15) is 0 Å². The summed E-state index contributed by atoms with van der Waals surface area (Å²) >= 11 is 0. The molecule has 0 aromatic heterocycles. The third-order valence-electron chi connectivity index (χ3n) is 3.69. The normalized spacial score (nSPS) is 24.5. The van der Waals surface area contributed by atoms with Crippen LogP contribution in [0.4, 0.5) is 0 Å². The SMILES string of the molecule is CN1CCCC(N(C)C(=O)[C@H](N)C(C)(C)C)C1. The fraction of sp³-hybridized carbons (Fsp3) is 0.923. The third-order valence-corrected chi connectivity index (χ3v) is 3.69. The van der Waals surface area contributed by atoms with Gasteiger partial charge in [-0.2, -0.15) is 0 Å². The monoisotopic (exact) mass is 241 g/mol. The van der Waals surface area contributed by atoms with Crippen molar-refractivity contribution in [3.8, 4) is 0 Å². The first-order valence-electron chi connectivity index (χ1n) is 6.44. The molecular formula is C13H27N3O. The second-order valence-electron chi connectivity index (χ2n) is 6.35. The lowest BCUT2D eigenvalue weighted by Gasteiger charge is -2.38. The van der Waals surface area contributed by atoms with E-state index in [0.29, 0.717) is 6.04 Å². The molecule has 17 heavy (non-hydrogen) atoms. The van der Waals surface area contributed by atoms with Crippen molar-refractivity contribution >= 4 is 5.91 Å². The lowest BCUT2D eigenvalue weighted by atomic mass is 9.86. The topological polar surface area (TPSA) is 49.6 Å². The molecule has 0 spiro atoms. The van der Waals surface area contributed by atoms with Crippen molar-refractivity contribution in [2.75, 3.05) is 27.2 Å². The van der Waals surface area contributed by atoms with Gasteiger partial charge in [0.2, 0.25) is 5.91 Å². The van der Waals surface area contributed by atoms with Crippen LogP contribution in [-0.2, 0) is 4.79 Å². The molecule has 2 atom stereocenters. The van der Waals surface area contributed by atoms with Crippen molar-refractivity contribution in [1.29, 1.82) is 0 Å². The van der Waals surface area contributed by atoms with Crippen LogP contribution in [-0.4, -0.2) is 55.0 Å². The maximum atomic E-state index is 12.3. The Morgan fingerprint density at radius 1 is 1.47 bits per heavy atom. The van der Waals surface area contributed by atoms with Gasteiger partial charge < -0.3 is 15.5 Å². The second kappa shape index (κ2) is 5.36. The highest BCUT2D eigenvalue weighted by molar-refractivity contribution is 5.82. The van der Waals surface area contributed by atoms with Crippen LogP contribution >= 0.6 is 0 Å². The number of likely N-dealkylation sites (N-methyl/N-ethyl adjacent to an activating group) is 2. The Kier molecular flexibility index (Phi) is 4.55. The number of rotatable bonds is 2. The molecular weight excluding hydrogens is 214 g/mol. The van der Waals surface area contributed by atoms with Gasteiger partial charge in [-0.05, 0) is 31.8 Å². The van der Waals surface area contributed by atoms with Crippen molar-refractivity contribution in [2.24, 2.45) is 11.1 Å². The number of carbonyl (C=O) groups excluding carboxylic acids is 1. The molecule has 1 unspecified atom stereocenters. The maximum Gasteiger partial charge on any atom is 0.240 e. The summed E-state index contributed by atoms with van der Waals surface area (Å²) in [6, 6.07) is -0.102. The van der Waals surface area contributed by atoms with Crippen LogP contribution in [0.3, 0.4) is 0 Å². The van der Waals surface area contributed by atoms with Crippen molar-refractivity contribution in [2.45, 2.75) is 45.7 Å². The summed E-state index contributed by atoms with van der Waals surface area (Å²) in [6.45, 7) is 8.12. The Labute approximate surface area is 105 Å². The minimum absolute atomic E-state index is 0.0674. The zero-order valence-corrected chi connectivity index (χ0v) is 11.9. The van der Waals surface area contributed by atoms with E-state index in [1.54, 1.807) is 0 Å². The van der Waals surface area contributed by atoms with Gasteiger partial charge in [-0.3, -0.25) is 4.79 Å². The Bertz CT molecular complexity index is 272. The summed E-state index contributed by atoms with van der Waals surface area (Å²) in [4.78, 5) is 16.4. The molecule has 0 aromatic rings. The number of nitrogens with zero attached hydrogens (tertiary/aromatic N) is 2. The van der Waals surface area contributed by atoms with Gasteiger partial charge in [-0.1, -0.05) is 20.8 Å². The summed E-state index contributed by atoms with van der Waals surface area (Å²) in [6.07, 6.45) is 2.24. The third kappa shape index (κ3) is 3.68. The lowest BCUT2D eigenvalue weighted by Crippen LogP contribution is -2.55. The van der Waals surface area contributed by atoms with Gasteiger partial charge in [-0.25, -0.2) is 0 Å². The van der Waals surface area contributed by atoms with Gasteiger partial charge in [0, 0.05) is 19.6 Å². The highest BCUT2D eigenvalue weighted by Gasteiger charge is 2.33. The van der Waals surface area contributed by atoms with E-state index in [0.717, 1.165) is 25.9 Å². The molecule has 1 rings (SSSR count). The number of piperidine rings is 1. The largest absolute Gasteiger partial charge is 0.340 e. The number of carbonyl (C=O) groups is 1. The molecule has 0 radical (unpaired) electrons. The summed E-state index contributed by atoms with van der Waals surface area (Å²) in [5.41, 5.74) is 5.86. The molecule has 4 heteroatoms. The van der Waals surface area contributed by atoms with E-state index < -0.39 is 6.04 Å². The zero-order chi connectivity index (χ0) is 13.2. The van der Waals surface area contributed by atoms with Gasteiger partial charge in [0.05, 0.1) is 6.04 Å². The summed E-state index contributed by atoms with van der Waals surface area (Å²) < 4.78 is 0. The number of nitrogens with two attached hydrogens (primary N) is 1. The first-order chi connectivity index (χ1) is 7.73. The predicted octanol–water partition coefficient (Wildman–Crippen LogP) is 0.912. The number of amides is 1. The van der Waals surface area contributed by atoms with E-state index in [4.69, 9.17) is 5.73 Å². The average Bonchev–Trinajstić information content (AvgIpc) is 2.25. The average molecular weight is 241 g/mol. The molecule has 0 bridgehead atoms. The Morgan fingerprint density at radius 2 is 2.06 bits per heavy atom. The number of hydrogen-bond donors (Lipinski definition) is 1. The molecule has 0 saturated carbocycles. The Balaban J connectivity index is 2.63. The van der Waals surface area contributed by atoms with Crippen LogP contribution in [0.25, 0.3) is 0 Å². The van der Waals surface area contributed by atoms with Crippen LogP contribution in [0.1, 0.15) is 33.6 Å². The van der Waals surface area contributed by atoms with Gasteiger partial charge in [-0.15, -0.1) is 0 Å². The molecule has 1 heterocycles. The zero-order valence-electron chi connectivity index (χ0n) is 11.9. The second-order valence-corrected chi connectivity index (χ2v) is 6.35. The standard InChI is InChI=1S/C13H27N3O/c1-13(2,3)11(14)12(17)16(5)10-7-6-8-15(4)9-10/h10-11H,6-9,14H2,1-5H3/t10?,11-/m0/s1. The van der Waals surface area contributed by atoms with E-state index >= 15 is 0 Å². The van der Waals surface area contributed by atoms with E-state index in [1.165, 1.54) is 0 Å². The molecule has 0 aromatic carbocycles. The van der Waals surface area contributed by atoms with E-state index in [-0.39, 0.29) is 11.3 Å². The van der Waals surface area contributed by atoms with Gasteiger partial charge in [0.25, 0.3) is 0 Å². The van der Waals surface area contributed by atoms with Gasteiger partial charge >= 0.3 is 0 Å². The summed E-state index contributed by atoms with van der Waals surface area (Å²) in [7, 11) is 3.99. The molecule has 1 amide bonds. The molecule has 100 valence electrons. The first-order valence-corrected chi connectivity index (χ1v) is 6.44. The summed E-state index contributed by atoms with van der Waals surface area (Å²) in [5.74, 6) is 0.0674. The summed E-state index contributed by atoms with van der Waals surface area (Å²) in [5, 5.41) is 0. The van der Waals surface area contributed by atoms with Crippen molar-refractivity contribution in [3.63, 3.8) is 0 Å². The first kappa shape index (κ1) is 14.5. The fourth-order valence-electron chi connectivity index (χ4n) is 2.23. The molecule has 4 nitrogen and oxygen atoms in total. The van der Waals surface area contributed by atoms with Crippen LogP contribution in [0.2, 0.25) is 0 Å². The maximum absolute atomic E-state index is 12.3. The fourth-order valence-corrected chi connectivity index (χ4v) is 2.23. The van der Waals surface area contributed by atoms with Crippen molar-refractivity contribution in [3.05, 3.63) is 0 Å². The molecule has 1 aliphatic rings. The van der Waals surface area contributed by atoms with Crippen LogP contribution < -0.4 is 5.73 Å². The smallest absolute Gasteiger partial charge is 0.240 e. The highest BCUT2D eigenvalue weighted by Crippen LogP contribution is 2.21. The van der Waals surface area contributed by atoms with Crippen molar-refractivity contribution in [1.82, 2.24) is 9.80 Å². The lowest BCUT2D eigenvalue weighted by molar-refractivity contribution is -0.136. The highest BCUT2D eigenvalue weighted by atomic mass is 16.2. The quantitative estimate of drug-likeness (QED) is 0.782. The minimum atomic E-state index is -0.417. The molecule has 2 N–H and O–H groups in total. The number of hydrogen-bond acceptors (Lipinski definition) is 3. The van der Waals surface area contributed by atoms with Gasteiger partial charge in [0.15, 0.2) is 0 Å².